The van der Waals surface area contributed by atoms with Crippen LogP contribution in [0.15, 0.2) is 12.7 Å². The Morgan fingerprint density at radius 2 is 2.12 bits per heavy atom. The molecule has 0 rings (SSSR count). The second-order valence-corrected chi connectivity index (χ2v) is 3.31. The highest BCUT2D eigenvalue weighted by molar-refractivity contribution is 5.85. The molecule has 0 aliphatic rings. The Bertz CT molecular complexity index is 177. The normalized spacial score (nSPS) is 9.31. The molecular weight excluding hydrogens is 228 g/mol. The molecule has 0 bridgehead atoms. The fourth-order valence-corrected chi connectivity index (χ4v) is 1.09. The number of amides is 1. The van der Waals surface area contributed by atoms with Crippen molar-refractivity contribution in [3.05, 3.63) is 12.7 Å². The zero-order chi connectivity index (χ0) is 11.4. The van der Waals surface area contributed by atoms with E-state index in [4.69, 9.17) is 10.5 Å². The van der Waals surface area contributed by atoms with E-state index in [0.717, 1.165) is 25.8 Å². The third-order valence-corrected chi connectivity index (χ3v) is 1.88. The Balaban J connectivity index is 0. The number of nitrogens with one attached hydrogen (secondary N) is 1. The quantitative estimate of drug-likeness (QED) is 0.453. The minimum Gasteiger partial charge on any atom is -0.377 e. The second kappa shape index (κ2) is 14.4. The number of unbranched alkanes of at least 4 members (excludes halogenated alkanes) is 1. The van der Waals surface area contributed by atoms with E-state index in [9.17, 15) is 4.79 Å². The highest BCUT2D eigenvalue weighted by Crippen LogP contribution is 1.91. The zero-order valence-electron chi connectivity index (χ0n) is 9.74. The summed E-state index contributed by atoms with van der Waals surface area (Å²) in [6.07, 6.45) is 4.90. The van der Waals surface area contributed by atoms with Gasteiger partial charge in [0.15, 0.2) is 0 Å². The van der Waals surface area contributed by atoms with Crippen LogP contribution in [0.3, 0.4) is 0 Å². The lowest BCUT2D eigenvalue weighted by Gasteiger charge is -2.04. The summed E-state index contributed by atoms with van der Waals surface area (Å²) in [7, 11) is 0. The van der Waals surface area contributed by atoms with E-state index in [-0.39, 0.29) is 18.3 Å². The summed E-state index contributed by atoms with van der Waals surface area (Å²) < 4.78 is 5.16. The first kappa shape index (κ1) is 17.8. The third-order valence-electron chi connectivity index (χ3n) is 1.88. The Labute approximate surface area is 104 Å². The molecule has 0 saturated carbocycles. The third kappa shape index (κ3) is 13.4. The molecule has 0 fully saturated rings. The van der Waals surface area contributed by atoms with Gasteiger partial charge in [-0.05, 0) is 25.8 Å². The molecule has 0 spiro atoms. The highest BCUT2D eigenvalue weighted by Gasteiger charge is 1.99. The predicted molar refractivity (Wildman–Crippen MR) is 68.8 cm³/mol. The van der Waals surface area contributed by atoms with Crippen molar-refractivity contribution in [2.75, 3.05) is 26.3 Å². The first-order valence-corrected chi connectivity index (χ1v) is 5.46. The highest BCUT2D eigenvalue weighted by atomic mass is 35.5. The number of rotatable bonds is 10. The standard InChI is InChI=1S/C11H22N2O2.ClH/c1-2-9-15-10-5-6-11(14)13-8-4-3-7-12;/h2H,1,3-10,12H2,(H,13,14);1H. The summed E-state index contributed by atoms with van der Waals surface area (Å²) in [5.74, 6) is 0.0919. The van der Waals surface area contributed by atoms with Crippen LogP contribution >= 0.6 is 12.4 Å². The average molecular weight is 251 g/mol. The number of ether oxygens (including phenoxy) is 1. The molecule has 0 unspecified atom stereocenters. The van der Waals surface area contributed by atoms with Gasteiger partial charge in [0, 0.05) is 19.6 Å². The van der Waals surface area contributed by atoms with E-state index in [2.05, 4.69) is 11.9 Å². The van der Waals surface area contributed by atoms with Crippen molar-refractivity contribution in [1.82, 2.24) is 5.32 Å². The average Bonchev–Trinajstić information content (AvgIpc) is 2.24. The Morgan fingerprint density at radius 3 is 2.75 bits per heavy atom. The van der Waals surface area contributed by atoms with Crippen LogP contribution in [0.5, 0.6) is 0 Å². The van der Waals surface area contributed by atoms with Gasteiger partial charge in [-0.3, -0.25) is 4.79 Å². The van der Waals surface area contributed by atoms with Crippen molar-refractivity contribution in [2.24, 2.45) is 5.73 Å². The second-order valence-electron chi connectivity index (χ2n) is 3.31. The molecule has 0 aromatic carbocycles. The topological polar surface area (TPSA) is 64.3 Å². The molecular formula is C11H23ClN2O2. The van der Waals surface area contributed by atoms with Gasteiger partial charge in [0.05, 0.1) is 6.61 Å². The van der Waals surface area contributed by atoms with Crippen molar-refractivity contribution >= 4 is 18.3 Å². The molecule has 0 aliphatic carbocycles. The number of hydrogen-bond donors (Lipinski definition) is 2. The maximum atomic E-state index is 11.2. The van der Waals surface area contributed by atoms with Crippen LogP contribution < -0.4 is 11.1 Å². The van der Waals surface area contributed by atoms with E-state index in [0.29, 0.717) is 26.2 Å². The predicted octanol–water partition coefficient (Wildman–Crippen LogP) is 1.25. The maximum Gasteiger partial charge on any atom is 0.220 e. The summed E-state index contributed by atoms with van der Waals surface area (Å²) >= 11 is 0. The minimum absolute atomic E-state index is 0. The molecule has 0 atom stereocenters. The van der Waals surface area contributed by atoms with Crippen LogP contribution in [0.1, 0.15) is 25.7 Å². The molecule has 16 heavy (non-hydrogen) atoms. The number of carbonyl (C=O) groups excluding carboxylic acids is 1. The summed E-state index contributed by atoms with van der Waals surface area (Å²) in [4.78, 5) is 11.2. The van der Waals surface area contributed by atoms with Crippen molar-refractivity contribution in [3.8, 4) is 0 Å². The van der Waals surface area contributed by atoms with Gasteiger partial charge in [-0.25, -0.2) is 0 Å². The number of nitrogens with two attached hydrogens (primary N) is 1. The van der Waals surface area contributed by atoms with Crippen molar-refractivity contribution in [3.63, 3.8) is 0 Å². The molecule has 0 aliphatic heterocycles. The van der Waals surface area contributed by atoms with E-state index in [1.807, 2.05) is 0 Å². The lowest BCUT2D eigenvalue weighted by Crippen LogP contribution is -2.24. The first-order chi connectivity index (χ1) is 7.31. The number of hydrogen-bond acceptors (Lipinski definition) is 3. The van der Waals surface area contributed by atoms with Crippen molar-refractivity contribution < 1.29 is 9.53 Å². The smallest absolute Gasteiger partial charge is 0.220 e. The fourth-order valence-electron chi connectivity index (χ4n) is 1.09. The SMILES string of the molecule is C=CCOCCCC(=O)NCCCCN.Cl. The first-order valence-electron chi connectivity index (χ1n) is 5.46. The molecule has 3 N–H and O–H groups in total. The van der Waals surface area contributed by atoms with Gasteiger partial charge >= 0.3 is 0 Å². The van der Waals surface area contributed by atoms with E-state index >= 15 is 0 Å². The molecule has 5 heteroatoms. The van der Waals surface area contributed by atoms with Gasteiger partial charge in [-0.1, -0.05) is 6.08 Å². The molecule has 0 aromatic rings. The van der Waals surface area contributed by atoms with Crippen LogP contribution in [0.25, 0.3) is 0 Å². The molecule has 96 valence electrons. The molecule has 0 saturated heterocycles. The summed E-state index contributed by atoms with van der Waals surface area (Å²) in [6, 6.07) is 0. The summed E-state index contributed by atoms with van der Waals surface area (Å²) in [6.45, 7) is 6.12. The van der Waals surface area contributed by atoms with Gasteiger partial charge in [0.1, 0.15) is 0 Å². The minimum atomic E-state index is 0. The Hall–Kier alpha value is -0.580. The van der Waals surface area contributed by atoms with Gasteiger partial charge in [0.2, 0.25) is 5.91 Å². The van der Waals surface area contributed by atoms with Crippen molar-refractivity contribution in [2.45, 2.75) is 25.7 Å². The molecule has 0 aromatic heterocycles. The maximum absolute atomic E-state index is 11.2. The van der Waals surface area contributed by atoms with Crippen molar-refractivity contribution in [1.29, 1.82) is 0 Å². The number of halogens is 1. The Kier molecular flexibility index (Phi) is 16.0. The summed E-state index contributed by atoms with van der Waals surface area (Å²) in [5.41, 5.74) is 5.33. The van der Waals surface area contributed by atoms with Gasteiger partial charge in [0.25, 0.3) is 0 Å². The zero-order valence-corrected chi connectivity index (χ0v) is 10.6. The molecule has 4 nitrogen and oxygen atoms in total. The summed E-state index contributed by atoms with van der Waals surface area (Å²) in [5, 5.41) is 2.84. The van der Waals surface area contributed by atoms with E-state index < -0.39 is 0 Å². The Morgan fingerprint density at radius 1 is 1.38 bits per heavy atom. The largest absolute Gasteiger partial charge is 0.377 e. The van der Waals surface area contributed by atoms with Gasteiger partial charge in [-0.2, -0.15) is 0 Å². The molecule has 0 radical (unpaired) electrons. The molecule has 1 amide bonds. The van der Waals surface area contributed by atoms with Crippen LogP contribution in [-0.2, 0) is 9.53 Å². The van der Waals surface area contributed by atoms with Crippen LogP contribution in [0, 0.1) is 0 Å². The lowest BCUT2D eigenvalue weighted by atomic mass is 10.3. The lowest BCUT2D eigenvalue weighted by molar-refractivity contribution is -0.121. The van der Waals surface area contributed by atoms with Gasteiger partial charge in [-0.15, -0.1) is 19.0 Å². The van der Waals surface area contributed by atoms with E-state index in [1.54, 1.807) is 6.08 Å². The van der Waals surface area contributed by atoms with Crippen LogP contribution in [0.2, 0.25) is 0 Å². The number of carbonyl (C=O) groups is 1. The molecule has 0 heterocycles. The fraction of sp³-hybridized carbons (Fsp3) is 0.727. The van der Waals surface area contributed by atoms with Crippen LogP contribution in [0.4, 0.5) is 0 Å². The monoisotopic (exact) mass is 250 g/mol. The van der Waals surface area contributed by atoms with Gasteiger partial charge < -0.3 is 15.8 Å². The van der Waals surface area contributed by atoms with Crippen LogP contribution in [-0.4, -0.2) is 32.2 Å². The van der Waals surface area contributed by atoms with E-state index in [1.165, 1.54) is 0 Å².